The highest BCUT2D eigenvalue weighted by Gasteiger charge is 2.21. The maximum atomic E-state index is 11.5. The molecular formula is C12H19NO6. The third kappa shape index (κ3) is 5.64. The van der Waals surface area contributed by atoms with E-state index in [2.05, 4.69) is 11.3 Å². The molecule has 2 unspecified atom stereocenters. The Balaban J connectivity index is 4.65. The van der Waals surface area contributed by atoms with Crippen LogP contribution in [0.2, 0.25) is 0 Å². The van der Waals surface area contributed by atoms with E-state index in [1.54, 1.807) is 0 Å². The molecule has 0 saturated carbocycles. The molecule has 0 aromatic heterocycles. The first kappa shape index (κ1) is 17.3. The second-order valence-electron chi connectivity index (χ2n) is 4.10. The monoisotopic (exact) mass is 273 g/mol. The normalized spacial score (nSPS) is 14.5. The average Bonchev–Trinajstić information content (AvgIpc) is 2.35. The number of aliphatic hydroxyl groups excluding tert-OH is 3. The van der Waals surface area contributed by atoms with Crippen LogP contribution >= 0.6 is 0 Å². The summed E-state index contributed by atoms with van der Waals surface area (Å²) in [6.45, 7) is 4.12. The molecule has 19 heavy (non-hydrogen) atoms. The maximum absolute atomic E-state index is 11.5. The highest BCUT2D eigenvalue weighted by Crippen LogP contribution is 2.07. The molecule has 0 aromatic carbocycles. The topological polar surface area (TPSA) is 107 Å². The third-order valence-corrected chi connectivity index (χ3v) is 2.14. The zero-order valence-corrected chi connectivity index (χ0v) is 11.2. The number of hydrogen-bond donors (Lipinski definition) is 3. The van der Waals surface area contributed by atoms with Gasteiger partial charge in [-0.15, -0.1) is 0 Å². The summed E-state index contributed by atoms with van der Waals surface area (Å²) in [7, 11) is 3.08. The van der Waals surface area contributed by atoms with Gasteiger partial charge in [-0.25, -0.2) is 4.79 Å². The fourth-order valence-corrected chi connectivity index (χ4v) is 1.04. The lowest BCUT2D eigenvalue weighted by molar-refractivity contribution is -0.186. The Morgan fingerprint density at radius 2 is 1.89 bits per heavy atom. The van der Waals surface area contributed by atoms with Crippen LogP contribution in [-0.2, 0) is 14.3 Å². The molecule has 0 aliphatic carbocycles. The van der Waals surface area contributed by atoms with Crippen LogP contribution in [0.1, 0.15) is 6.92 Å². The molecule has 2 atom stereocenters. The highest BCUT2D eigenvalue weighted by molar-refractivity contribution is 5.98. The van der Waals surface area contributed by atoms with Gasteiger partial charge in [0.05, 0.1) is 6.61 Å². The van der Waals surface area contributed by atoms with E-state index >= 15 is 0 Å². The lowest BCUT2D eigenvalue weighted by Crippen LogP contribution is -2.34. The fourth-order valence-electron chi connectivity index (χ4n) is 1.04. The van der Waals surface area contributed by atoms with E-state index in [1.165, 1.54) is 32.0 Å². The number of carbonyl (C=O) groups excluding carboxylic acids is 2. The predicted octanol–water partition coefficient (Wildman–Crippen LogP) is -1.21. The van der Waals surface area contributed by atoms with Gasteiger partial charge in [0.2, 0.25) is 6.29 Å². The minimum atomic E-state index is -1.83. The van der Waals surface area contributed by atoms with Crippen LogP contribution < -0.4 is 0 Å². The molecule has 0 spiro atoms. The average molecular weight is 273 g/mol. The summed E-state index contributed by atoms with van der Waals surface area (Å²) in [5.74, 6) is -1.30. The van der Waals surface area contributed by atoms with E-state index in [0.29, 0.717) is 0 Å². The number of carbonyl (C=O) groups is 2. The number of rotatable bonds is 6. The molecular weight excluding hydrogens is 254 g/mol. The van der Waals surface area contributed by atoms with E-state index in [1.807, 2.05) is 0 Å². The Morgan fingerprint density at radius 3 is 2.32 bits per heavy atom. The van der Waals surface area contributed by atoms with Crippen LogP contribution in [0.5, 0.6) is 0 Å². The van der Waals surface area contributed by atoms with Crippen molar-refractivity contribution in [1.29, 1.82) is 0 Å². The van der Waals surface area contributed by atoms with Crippen molar-refractivity contribution in [3.05, 3.63) is 23.8 Å². The second kappa shape index (κ2) is 7.67. The number of likely N-dealkylation sites (N-methyl/N-ethyl adjacent to an activating group) is 1. The van der Waals surface area contributed by atoms with E-state index in [0.717, 1.165) is 0 Å². The summed E-state index contributed by atoms with van der Waals surface area (Å²) >= 11 is 0. The fraction of sp³-hybridized carbons (Fsp3) is 0.500. The maximum Gasteiger partial charge on any atom is 0.336 e. The van der Waals surface area contributed by atoms with Crippen molar-refractivity contribution < 1.29 is 29.6 Å². The summed E-state index contributed by atoms with van der Waals surface area (Å²) in [5.41, 5.74) is 0.112. The zero-order valence-electron chi connectivity index (χ0n) is 11.2. The number of esters is 1. The van der Waals surface area contributed by atoms with Gasteiger partial charge in [-0.05, 0) is 13.0 Å². The van der Waals surface area contributed by atoms with Crippen molar-refractivity contribution in [3.63, 3.8) is 0 Å². The first-order valence-electron chi connectivity index (χ1n) is 5.47. The van der Waals surface area contributed by atoms with Crippen LogP contribution in [0.25, 0.3) is 0 Å². The summed E-state index contributed by atoms with van der Waals surface area (Å²) in [5, 5.41) is 26.8. The van der Waals surface area contributed by atoms with Gasteiger partial charge >= 0.3 is 5.97 Å². The van der Waals surface area contributed by atoms with Crippen molar-refractivity contribution in [2.24, 2.45) is 0 Å². The Morgan fingerprint density at radius 1 is 1.37 bits per heavy atom. The number of hydrogen-bond acceptors (Lipinski definition) is 6. The van der Waals surface area contributed by atoms with E-state index in [-0.39, 0.29) is 17.1 Å². The van der Waals surface area contributed by atoms with E-state index < -0.39 is 25.0 Å². The van der Waals surface area contributed by atoms with Crippen molar-refractivity contribution in [2.45, 2.75) is 19.3 Å². The lowest BCUT2D eigenvalue weighted by atomic mass is 10.2. The minimum Gasteiger partial charge on any atom is -0.430 e. The molecule has 1 amide bonds. The van der Waals surface area contributed by atoms with Crippen LogP contribution in [0.4, 0.5) is 0 Å². The summed E-state index contributed by atoms with van der Waals surface area (Å²) in [6.07, 6.45) is -2.20. The van der Waals surface area contributed by atoms with Crippen LogP contribution in [0.3, 0.4) is 0 Å². The first-order valence-corrected chi connectivity index (χ1v) is 5.47. The number of nitrogens with zero attached hydrogens (tertiary/aromatic N) is 1. The molecule has 7 heteroatoms. The molecule has 0 aliphatic heterocycles. The van der Waals surface area contributed by atoms with Crippen LogP contribution in [0, 0.1) is 0 Å². The van der Waals surface area contributed by atoms with Gasteiger partial charge in [-0.1, -0.05) is 6.58 Å². The smallest absolute Gasteiger partial charge is 0.336 e. The van der Waals surface area contributed by atoms with Gasteiger partial charge < -0.3 is 25.0 Å². The van der Waals surface area contributed by atoms with Gasteiger partial charge in [0.15, 0.2) is 0 Å². The molecule has 0 saturated heterocycles. The Bertz CT molecular complexity index is 388. The number of ether oxygens (including phenoxy) is 1. The van der Waals surface area contributed by atoms with E-state index in [9.17, 15) is 14.7 Å². The molecule has 0 heterocycles. The largest absolute Gasteiger partial charge is 0.430 e. The van der Waals surface area contributed by atoms with Crippen LogP contribution in [0.15, 0.2) is 23.8 Å². The van der Waals surface area contributed by atoms with Gasteiger partial charge in [0.1, 0.15) is 6.10 Å². The molecule has 0 fully saturated rings. The van der Waals surface area contributed by atoms with Crippen molar-refractivity contribution in [1.82, 2.24) is 4.90 Å². The Kier molecular flexibility index (Phi) is 6.99. The van der Waals surface area contributed by atoms with Crippen LogP contribution in [-0.4, -0.2) is 65.2 Å². The van der Waals surface area contributed by atoms with Gasteiger partial charge in [0, 0.05) is 25.2 Å². The lowest BCUT2D eigenvalue weighted by Gasteiger charge is -2.16. The van der Waals surface area contributed by atoms with Gasteiger partial charge in [0.25, 0.3) is 5.91 Å². The predicted molar refractivity (Wildman–Crippen MR) is 66.8 cm³/mol. The van der Waals surface area contributed by atoms with Crippen molar-refractivity contribution >= 4 is 11.9 Å². The molecule has 0 bridgehead atoms. The molecule has 0 radical (unpaired) electrons. The molecule has 7 nitrogen and oxygen atoms in total. The highest BCUT2D eigenvalue weighted by atomic mass is 16.6. The summed E-state index contributed by atoms with van der Waals surface area (Å²) in [4.78, 5) is 24.3. The standard InChI is InChI=1S/C12H19NO6/c1-7(10(16)13(3)4)5-8(2)11(17)19-12(18)9(15)6-14/h5,9,12,14-15,18H,1,6H2,2-4H3/b8-5+. The first-order chi connectivity index (χ1) is 8.70. The molecule has 0 aromatic rings. The van der Waals surface area contributed by atoms with Crippen molar-refractivity contribution in [2.75, 3.05) is 20.7 Å². The SMILES string of the molecule is C=C(/C=C(\C)C(=O)OC(O)C(O)CO)C(=O)N(C)C. The second-order valence-corrected chi connectivity index (χ2v) is 4.10. The zero-order chi connectivity index (χ0) is 15.2. The molecule has 3 N–H and O–H groups in total. The third-order valence-electron chi connectivity index (χ3n) is 2.14. The van der Waals surface area contributed by atoms with Crippen molar-refractivity contribution in [3.8, 4) is 0 Å². The van der Waals surface area contributed by atoms with E-state index in [4.69, 9.17) is 10.2 Å². The van der Waals surface area contributed by atoms with Gasteiger partial charge in [-0.3, -0.25) is 4.79 Å². The van der Waals surface area contributed by atoms with Gasteiger partial charge in [-0.2, -0.15) is 0 Å². The molecule has 0 rings (SSSR count). The molecule has 0 aliphatic rings. The minimum absolute atomic E-state index is 0.0318. The summed E-state index contributed by atoms with van der Waals surface area (Å²) in [6, 6.07) is 0. The Labute approximate surface area is 111 Å². The summed E-state index contributed by atoms with van der Waals surface area (Å²) < 4.78 is 4.48. The number of aliphatic hydroxyl groups is 3. The number of amides is 1. The molecule has 108 valence electrons. The Hall–Kier alpha value is -1.70. The quantitative estimate of drug-likeness (QED) is 0.243.